The molecule has 0 bridgehead atoms. The summed E-state index contributed by atoms with van der Waals surface area (Å²) in [6.45, 7) is 3.43. The summed E-state index contributed by atoms with van der Waals surface area (Å²) in [5.74, 6) is 0.221. The van der Waals surface area contributed by atoms with E-state index in [9.17, 15) is 4.79 Å². The second kappa shape index (κ2) is 6.26. The van der Waals surface area contributed by atoms with Crippen molar-refractivity contribution in [2.75, 3.05) is 31.6 Å². The number of benzene rings is 1. The standard InChI is InChI=1S/C18H21N3O2/c22-18(14-11-21(12-14)16-5-8-23-9-6-16)20-15-3-4-17-13(10-15)2-1-7-19-17/h1-4,7,10,14,16H,5-6,8-9,11-12H2,(H,20,22). The molecule has 2 aromatic rings. The van der Waals surface area contributed by atoms with Crippen molar-refractivity contribution in [1.29, 1.82) is 0 Å². The van der Waals surface area contributed by atoms with Gasteiger partial charge in [0.2, 0.25) is 5.91 Å². The number of carbonyl (C=O) groups excluding carboxylic acids is 1. The van der Waals surface area contributed by atoms with Crippen molar-refractivity contribution >= 4 is 22.5 Å². The molecule has 2 saturated heterocycles. The Morgan fingerprint density at radius 3 is 2.87 bits per heavy atom. The number of aromatic nitrogens is 1. The molecule has 0 spiro atoms. The number of amides is 1. The fourth-order valence-corrected chi connectivity index (χ4v) is 3.42. The van der Waals surface area contributed by atoms with Gasteiger partial charge >= 0.3 is 0 Å². The molecule has 3 heterocycles. The third-order valence-corrected chi connectivity index (χ3v) is 4.86. The van der Waals surface area contributed by atoms with E-state index in [2.05, 4.69) is 15.2 Å². The Balaban J connectivity index is 1.34. The molecule has 0 unspecified atom stereocenters. The van der Waals surface area contributed by atoms with Crippen LogP contribution in [0.2, 0.25) is 0 Å². The zero-order valence-corrected chi connectivity index (χ0v) is 13.1. The van der Waals surface area contributed by atoms with Crippen LogP contribution in [0.25, 0.3) is 10.9 Å². The lowest BCUT2D eigenvalue weighted by molar-refractivity contribution is -0.127. The van der Waals surface area contributed by atoms with Crippen molar-refractivity contribution in [2.45, 2.75) is 18.9 Å². The van der Waals surface area contributed by atoms with Gasteiger partial charge in [0, 0.05) is 49.6 Å². The maximum Gasteiger partial charge on any atom is 0.230 e. The number of nitrogens with one attached hydrogen (secondary N) is 1. The van der Waals surface area contributed by atoms with Gasteiger partial charge in [0.1, 0.15) is 0 Å². The number of rotatable bonds is 3. The lowest BCUT2D eigenvalue weighted by atomic mass is 9.93. The molecule has 1 N–H and O–H groups in total. The molecule has 0 aliphatic carbocycles. The minimum absolute atomic E-state index is 0.0995. The summed E-state index contributed by atoms with van der Waals surface area (Å²) < 4.78 is 5.40. The van der Waals surface area contributed by atoms with Crippen LogP contribution in [0.5, 0.6) is 0 Å². The van der Waals surface area contributed by atoms with E-state index in [1.807, 2.05) is 30.3 Å². The quantitative estimate of drug-likeness (QED) is 0.945. The van der Waals surface area contributed by atoms with Gasteiger partial charge in [0.25, 0.3) is 0 Å². The van der Waals surface area contributed by atoms with Crippen molar-refractivity contribution in [2.24, 2.45) is 5.92 Å². The second-order valence-electron chi connectivity index (χ2n) is 6.39. The fourth-order valence-electron chi connectivity index (χ4n) is 3.42. The first-order valence-electron chi connectivity index (χ1n) is 8.27. The Hall–Kier alpha value is -1.98. The molecule has 0 saturated carbocycles. The third-order valence-electron chi connectivity index (χ3n) is 4.86. The van der Waals surface area contributed by atoms with Crippen molar-refractivity contribution < 1.29 is 9.53 Å². The topological polar surface area (TPSA) is 54.5 Å². The monoisotopic (exact) mass is 311 g/mol. The Bertz CT molecular complexity index is 706. The van der Waals surface area contributed by atoms with E-state index in [-0.39, 0.29) is 11.8 Å². The van der Waals surface area contributed by atoms with Gasteiger partial charge in [-0.1, -0.05) is 6.07 Å². The molecule has 1 aromatic heterocycles. The molecule has 1 amide bonds. The van der Waals surface area contributed by atoms with Crippen LogP contribution in [-0.2, 0) is 9.53 Å². The van der Waals surface area contributed by atoms with Gasteiger partial charge in [-0.25, -0.2) is 0 Å². The van der Waals surface area contributed by atoms with Gasteiger partial charge in [-0.15, -0.1) is 0 Å². The maximum absolute atomic E-state index is 12.4. The van der Waals surface area contributed by atoms with Crippen molar-refractivity contribution in [3.05, 3.63) is 36.5 Å². The van der Waals surface area contributed by atoms with Crippen LogP contribution in [0, 0.1) is 5.92 Å². The number of hydrogen-bond donors (Lipinski definition) is 1. The lowest BCUT2D eigenvalue weighted by Crippen LogP contribution is -2.57. The highest BCUT2D eigenvalue weighted by Crippen LogP contribution is 2.26. The summed E-state index contributed by atoms with van der Waals surface area (Å²) in [4.78, 5) is 19.1. The summed E-state index contributed by atoms with van der Waals surface area (Å²) in [5.41, 5.74) is 1.79. The van der Waals surface area contributed by atoms with Crippen molar-refractivity contribution in [3.8, 4) is 0 Å². The van der Waals surface area contributed by atoms with Crippen LogP contribution in [0.15, 0.2) is 36.5 Å². The van der Waals surface area contributed by atoms with Gasteiger partial charge in [0.15, 0.2) is 0 Å². The summed E-state index contributed by atoms with van der Waals surface area (Å²) in [6.07, 6.45) is 3.96. The number of carbonyl (C=O) groups is 1. The summed E-state index contributed by atoms with van der Waals surface area (Å²) in [5, 5.41) is 4.09. The smallest absolute Gasteiger partial charge is 0.230 e. The van der Waals surface area contributed by atoms with E-state index in [0.717, 1.165) is 55.7 Å². The number of pyridine rings is 1. The SMILES string of the molecule is O=C(Nc1ccc2ncccc2c1)C1CN(C2CCOCC2)C1. The molecule has 120 valence electrons. The van der Waals surface area contributed by atoms with E-state index < -0.39 is 0 Å². The maximum atomic E-state index is 12.4. The zero-order chi connectivity index (χ0) is 15.6. The average molecular weight is 311 g/mol. The highest BCUT2D eigenvalue weighted by molar-refractivity contribution is 5.95. The normalized spacial score (nSPS) is 20.3. The zero-order valence-electron chi connectivity index (χ0n) is 13.1. The number of likely N-dealkylation sites (tertiary alicyclic amines) is 1. The van der Waals surface area contributed by atoms with Crippen LogP contribution >= 0.6 is 0 Å². The lowest BCUT2D eigenvalue weighted by Gasteiger charge is -2.44. The van der Waals surface area contributed by atoms with Crippen LogP contribution < -0.4 is 5.32 Å². The molecule has 1 aromatic carbocycles. The third kappa shape index (κ3) is 3.07. The Labute approximate surface area is 135 Å². The predicted octanol–water partition coefficient (Wildman–Crippen LogP) is 2.28. The molecule has 23 heavy (non-hydrogen) atoms. The minimum Gasteiger partial charge on any atom is -0.381 e. The van der Waals surface area contributed by atoms with E-state index in [1.54, 1.807) is 6.20 Å². The van der Waals surface area contributed by atoms with Gasteiger partial charge < -0.3 is 10.1 Å². The number of anilines is 1. The Morgan fingerprint density at radius 2 is 2.04 bits per heavy atom. The van der Waals surface area contributed by atoms with E-state index in [4.69, 9.17) is 4.74 Å². The first kappa shape index (κ1) is 14.6. The molecule has 4 rings (SSSR count). The first-order chi connectivity index (χ1) is 11.3. The van der Waals surface area contributed by atoms with E-state index in [0.29, 0.717) is 6.04 Å². The Morgan fingerprint density at radius 1 is 1.22 bits per heavy atom. The van der Waals surface area contributed by atoms with Gasteiger partial charge in [0.05, 0.1) is 11.4 Å². The molecule has 2 fully saturated rings. The van der Waals surface area contributed by atoms with Crippen LogP contribution in [0.4, 0.5) is 5.69 Å². The van der Waals surface area contributed by atoms with Crippen LogP contribution in [0.3, 0.4) is 0 Å². The molecular weight excluding hydrogens is 290 g/mol. The number of nitrogens with zero attached hydrogens (tertiary/aromatic N) is 2. The highest BCUT2D eigenvalue weighted by Gasteiger charge is 2.37. The second-order valence-corrected chi connectivity index (χ2v) is 6.39. The van der Waals surface area contributed by atoms with Crippen molar-refractivity contribution in [3.63, 3.8) is 0 Å². The molecule has 2 aliphatic heterocycles. The van der Waals surface area contributed by atoms with E-state index >= 15 is 0 Å². The van der Waals surface area contributed by atoms with Crippen LogP contribution in [-0.4, -0.2) is 48.1 Å². The van der Waals surface area contributed by atoms with Crippen LogP contribution in [0.1, 0.15) is 12.8 Å². The van der Waals surface area contributed by atoms with Gasteiger partial charge in [-0.2, -0.15) is 0 Å². The summed E-state index contributed by atoms with van der Waals surface area (Å²) >= 11 is 0. The first-order valence-corrected chi connectivity index (χ1v) is 8.27. The molecule has 5 heteroatoms. The van der Waals surface area contributed by atoms with Crippen molar-refractivity contribution in [1.82, 2.24) is 9.88 Å². The highest BCUT2D eigenvalue weighted by atomic mass is 16.5. The number of fused-ring (bicyclic) bond motifs is 1. The van der Waals surface area contributed by atoms with Gasteiger partial charge in [-0.05, 0) is 37.1 Å². The predicted molar refractivity (Wildman–Crippen MR) is 89.3 cm³/mol. The molecular formula is C18H21N3O2. The molecule has 5 nitrogen and oxygen atoms in total. The fraction of sp³-hybridized carbons (Fsp3) is 0.444. The number of hydrogen-bond acceptors (Lipinski definition) is 4. The largest absolute Gasteiger partial charge is 0.381 e. The number of ether oxygens (including phenoxy) is 1. The summed E-state index contributed by atoms with van der Waals surface area (Å²) in [6, 6.07) is 10.4. The average Bonchev–Trinajstić information content (AvgIpc) is 2.54. The van der Waals surface area contributed by atoms with E-state index in [1.165, 1.54) is 0 Å². The summed E-state index contributed by atoms with van der Waals surface area (Å²) in [7, 11) is 0. The minimum atomic E-state index is 0.0995. The molecule has 0 atom stereocenters. The van der Waals surface area contributed by atoms with Gasteiger partial charge in [-0.3, -0.25) is 14.7 Å². The Kier molecular flexibility index (Phi) is 3.97. The molecule has 0 radical (unpaired) electrons. The molecule has 2 aliphatic rings.